The van der Waals surface area contributed by atoms with Crippen molar-refractivity contribution in [3.05, 3.63) is 58.7 Å². The smallest absolute Gasteiger partial charge is 0.200 e. The first kappa shape index (κ1) is 23.1. The number of benzene rings is 3. The van der Waals surface area contributed by atoms with Crippen molar-refractivity contribution in [2.45, 2.75) is 31.5 Å². The van der Waals surface area contributed by atoms with Gasteiger partial charge in [-0.05, 0) is 53.8 Å². The van der Waals surface area contributed by atoms with Crippen LogP contribution in [0.3, 0.4) is 0 Å². The number of hydrogen-bond acceptors (Lipinski definition) is 8. The second kappa shape index (κ2) is 9.20. The fourth-order valence-electron chi connectivity index (χ4n) is 5.09. The molecule has 184 valence electrons. The van der Waals surface area contributed by atoms with Crippen LogP contribution in [-0.2, 0) is 19.3 Å². The third-order valence-corrected chi connectivity index (χ3v) is 6.67. The molecule has 0 amide bonds. The molecule has 2 atom stereocenters. The Hall–Kier alpha value is -3.62. The molecule has 8 heteroatoms. The zero-order valence-electron chi connectivity index (χ0n) is 19.6. The van der Waals surface area contributed by atoms with Crippen molar-refractivity contribution in [1.29, 1.82) is 0 Å². The summed E-state index contributed by atoms with van der Waals surface area (Å²) in [5.74, 6) is 1.71. The molecule has 0 fully saturated rings. The zero-order chi connectivity index (χ0) is 24.7. The van der Waals surface area contributed by atoms with E-state index in [-0.39, 0.29) is 36.2 Å². The minimum Gasteiger partial charge on any atom is -0.508 e. The van der Waals surface area contributed by atoms with Gasteiger partial charge in [0.05, 0.1) is 26.9 Å². The van der Waals surface area contributed by atoms with Crippen LogP contribution in [-0.4, -0.2) is 54.0 Å². The number of aliphatic hydroxyl groups is 2. The van der Waals surface area contributed by atoms with Crippen LogP contribution in [0.25, 0.3) is 11.1 Å². The van der Waals surface area contributed by atoms with Crippen LogP contribution in [0.2, 0.25) is 0 Å². The Bertz CT molecular complexity index is 1240. The van der Waals surface area contributed by atoms with E-state index in [0.29, 0.717) is 29.9 Å². The van der Waals surface area contributed by atoms with E-state index in [1.54, 1.807) is 30.3 Å². The summed E-state index contributed by atoms with van der Waals surface area (Å²) in [6.45, 7) is -0.0133. The van der Waals surface area contributed by atoms with Crippen molar-refractivity contribution in [3.63, 3.8) is 0 Å². The number of aryl methyl sites for hydroxylation is 1. The Morgan fingerprint density at radius 1 is 0.943 bits per heavy atom. The van der Waals surface area contributed by atoms with Gasteiger partial charge in [-0.3, -0.25) is 0 Å². The fraction of sp³-hybridized carbons (Fsp3) is 0.333. The fourth-order valence-corrected chi connectivity index (χ4v) is 5.09. The van der Waals surface area contributed by atoms with Crippen molar-refractivity contribution < 1.29 is 39.4 Å². The first-order chi connectivity index (χ1) is 16.9. The highest BCUT2D eigenvalue weighted by molar-refractivity contribution is 5.82. The first-order valence-corrected chi connectivity index (χ1v) is 11.5. The maximum absolute atomic E-state index is 11.1. The van der Waals surface area contributed by atoms with Crippen LogP contribution >= 0.6 is 0 Å². The highest BCUT2D eigenvalue weighted by atomic mass is 16.5. The van der Waals surface area contributed by atoms with Crippen molar-refractivity contribution in [2.75, 3.05) is 27.4 Å². The molecule has 3 aromatic rings. The van der Waals surface area contributed by atoms with Crippen molar-refractivity contribution in [1.82, 2.24) is 0 Å². The lowest BCUT2D eigenvalue weighted by Gasteiger charge is -2.35. The number of aliphatic hydroxyl groups excluding tert-OH is 2. The average Bonchev–Trinajstić information content (AvgIpc) is 2.86. The second-order valence-corrected chi connectivity index (χ2v) is 8.70. The number of ether oxygens (including phenoxy) is 4. The summed E-state index contributed by atoms with van der Waals surface area (Å²) in [5, 5.41) is 40.8. The molecule has 2 aliphatic rings. The van der Waals surface area contributed by atoms with E-state index in [1.165, 1.54) is 14.2 Å². The summed E-state index contributed by atoms with van der Waals surface area (Å²) >= 11 is 0. The number of aromatic hydroxyl groups is 2. The van der Waals surface area contributed by atoms with Gasteiger partial charge in [0, 0.05) is 29.2 Å². The number of phenolic OH excluding ortho intramolecular Hbond substituents is 2. The van der Waals surface area contributed by atoms with Gasteiger partial charge in [-0.2, -0.15) is 0 Å². The lowest BCUT2D eigenvalue weighted by molar-refractivity contribution is 0.0200. The van der Waals surface area contributed by atoms with Gasteiger partial charge in [0.2, 0.25) is 5.75 Å². The standard InChI is InChI=1S/C27H28O8/c1-32-23-10-15(11-24(33-2)26(23)31)27-20(30)12-19-18-5-3-14-9-16(29)4-6-17(14)25(18)22(34-8-7-28)13-21(19)35-27/h4,6,9-11,13,20,27-31H,3,5,7-8,12H2,1-2H3. The molecule has 8 nitrogen and oxygen atoms in total. The molecule has 3 aromatic carbocycles. The number of methoxy groups -OCH3 is 2. The number of phenols is 2. The Balaban J connectivity index is 1.61. The van der Waals surface area contributed by atoms with Crippen LogP contribution in [0.4, 0.5) is 0 Å². The Morgan fingerprint density at radius 2 is 1.69 bits per heavy atom. The van der Waals surface area contributed by atoms with E-state index in [2.05, 4.69) is 0 Å². The molecule has 2 unspecified atom stereocenters. The summed E-state index contributed by atoms with van der Waals surface area (Å²) in [5.41, 5.74) is 5.43. The molecule has 1 heterocycles. The Morgan fingerprint density at radius 3 is 2.37 bits per heavy atom. The topological polar surface area (TPSA) is 118 Å². The third kappa shape index (κ3) is 3.98. The molecule has 0 spiro atoms. The highest BCUT2D eigenvalue weighted by Crippen LogP contribution is 2.50. The first-order valence-electron chi connectivity index (χ1n) is 11.5. The minimum atomic E-state index is -0.851. The van der Waals surface area contributed by atoms with Crippen molar-refractivity contribution >= 4 is 0 Å². The third-order valence-electron chi connectivity index (χ3n) is 6.67. The lowest BCUT2D eigenvalue weighted by Crippen LogP contribution is -2.31. The number of hydrogen-bond donors (Lipinski definition) is 4. The monoisotopic (exact) mass is 480 g/mol. The molecule has 1 aliphatic heterocycles. The Labute approximate surface area is 202 Å². The zero-order valence-corrected chi connectivity index (χ0v) is 19.6. The Kier molecular flexibility index (Phi) is 6.08. The van der Waals surface area contributed by atoms with E-state index >= 15 is 0 Å². The molecule has 0 radical (unpaired) electrons. The predicted octanol–water partition coefficient (Wildman–Crippen LogP) is 3.29. The maximum atomic E-state index is 11.1. The predicted molar refractivity (Wildman–Crippen MR) is 128 cm³/mol. The summed E-state index contributed by atoms with van der Waals surface area (Å²) in [4.78, 5) is 0. The summed E-state index contributed by atoms with van der Waals surface area (Å²) in [6.07, 6.45) is 0.227. The SMILES string of the molecule is COc1cc(C2Oc3cc(OCCO)c4c(c3CC2O)CCc2cc(O)ccc2-4)cc(OC)c1O. The molecule has 1 aliphatic carbocycles. The van der Waals surface area contributed by atoms with Gasteiger partial charge in [0.15, 0.2) is 17.6 Å². The summed E-state index contributed by atoms with van der Waals surface area (Å²) in [7, 11) is 2.89. The second-order valence-electron chi connectivity index (χ2n) is 8.70. The van der Waals surface area contributed by atoms with Crippen LogP contribution in [0.15, 0.2) is 36.4 Å². The van der Waals surface area contributed by atoms with Crippen LogP contribution in [0.1, 0.15) is 28.4 Å². The summed E-state index contributed by atoms with van der Waals surface area (Å²) < 4.78 is 22.8. The van der Waals surface area contributed by atoms with Gasteiger partial charge in [-0.25, -0.2) is 0 Å². The van der Waals surface area contributed by atoms with Crippen molar-refractivity contribution in [2.24, 2.45) is 0 Å². The molecule has 35 heavy (non-hydrogen) atoms. The van der Waals surface area contributed by atoms with E-state index in [4.69, 9.17) is 18.9 Å². The van der Waals surface area contributed by atoms with E-state index in [9.17, 15) is 20.4 Å². The lowest BCUT2D eigenvalue weighted by atomic mass is 9.80. The van der Waals surface area contributed by atoms with Crippen LogP contribution in [0, 0.1) is 0 Å². The van der Waals surface area contributed by atoms with Crippen LogP contribution < -0.4 is 18.9 Å². The van der Waals surface area contributed by atoms with Gasteiger partial charge >= 0.3 is 0 Å². The van der Waals surface area contributed by atoms with E-state index < -0.39 is 12.2 Å². The molecule has 0 bridgehead atoms. The molecule has 4 N–H and O–H groups in total. The number of fused-ring (bicyclic) bond motifs is 5. The highest BCUT2D eigenvalue weighted by Gasteiger charge is 2.36. The average molecular weight is 481 g/mol. The number of rotatable bonds is 6. The van der Waals surface area contributed by atoms with Crippen LogP contribution in [0.5, 0.6) is 34.5 Å². The largest absolute Gasteiger partial charge is 0.508 e. The van der Waals surface area contributed by atoms with E-state index in [0.717, 1.165) is 34.2 Å². The van der Waals surface area contributed by atoms with Gasteiger partial charge in [-0.15, -0.1) is 0 Å². The van der Waals surface area contributed by atoms with Gasteiger partial charge < -0.3 is 39.4 Å². The molecule has 0 aromatic heterocycles. The molecule has 0 saturated carbocycles. The van der Waals surface area contributed by atoms with Crippen molar-refractivity contribution in [3.8, 4) is 45.6 Å². The van der Waals surface area contributed by atoms with Gasteiger partial charge in [-0.1, -0.05) is 6.07 Å². The molecular formula is C27H28O8. The molecule has 5 rings (SSSR count). The maximum Gasteiger partial charge on any atom is 0.200 e. The van der Waals surface area contributed by atoms with Gasteiger partial charge in [0.25, 0.3) is 0 Å². The van der Waals surface area contributed by atoms with Gasteiger partial charge in [0.1, 0.15) is 23.9 Å². The molecular weight excluding hydrogens is 452 g/mol. The minimum absolute atomic E-state index is 0.122. The summed E-state index contributed by atoms with van der Waals surface area (Å²) in [6, 6.07) is 10.3. The van der Waals surface area contributed by atoms with E-state index in [1.807, 2.05) is 6.07 Å². The quantitative estimate of drug-likeness (QED) is 0.425. The molecule has 0 saturated heterocycles. The normalized spacial score (nSPS) is 18.1.